The van der Waals surface area contributed by atoms with Crippen LogP contribution in [0.3, 0.4) is 0 Å². The zero-order valence-electron chi connectivity index (χ0n) is 11.2. The maximum absolute atomic E-state index is 5.44. The standard InChI is InChI=1S/C13H14N4O2S2/c1-4-20-13-15-9(7-17(1)13)5-14-6-11-16-10(8-21-11)12-18-2-3-19-12/h1,4,7-8,12,14H,2-3,5-6H2. The van der Waals surface area contributed by atoms with Crippen LogP contribution in [-0.2, 0) is 22.6 Å². The lowest BCUT2D eigenvalue weighted by Crippen LogP contribution is -2.13. The Morgan fingerprint density at radius 1 is 1.24 bits per heavy atom. The number of hydrogen-bond donors (Lipinski definition) is 1. The molecule has 4 heterocycles. The molecule has 3 aromatic rings. The molecule has 0 aliphatic carbocycles. The molecule has 0 amide bonds. The lowest BCUT2D eigenvalue weighted by Gasteiger charge is -2.04. The van der Waals surface area contributed by atoms with E-state index in [1.807, 2.05) is 27.6 Å². The molecule has 1 saturated heterocycles. The van der Waals surface area contributed by atoms with Crippen LogP contribution in [-0.4, -0.2) is 27.6 Å². The molecule has 4 rings (SSSR count). The highest BCUT2D eigenvalue weighted by molar-refractivity contribution is 7.15. The Morgan fingerprint density at radius 3 is 3.00 bits per heavy atom. The number of nitrogens with zero attached hydrogens (tertiary/aromatic N) is 3. The van der Waals surface area contributed by atoms with Gasteiger partial charge in [0.2, 0.25) is 6.29 Å². The Morgan fingerprint density at radius 2 is 2.14 bits per heavy atom. The van der Waals surface area contributed by atoms with Gasteiger partial charge in [-0.1, -0.05) is 0 Å². The number of nitrogens with one attached hydrogen (secondary N) is 1. The van der Waals surface area contributed by atoms with E-state index in [9.17, 15) is 0 Å². The summed E-state index contributed by atoms with van der Waals surface area (Å²) in [5.74, 6) is 0. The summed E-state index contributed by atoms with van der Waals surface area (Å²) >= 11 is 3.26. The van der Waals surface area contributed by atoms with Crippen LogP contribution < -0.4 is 5.32 Å². The molecule has 110 valence electrons. The molecule has 1 aliphatic heterocycles. The normalized spacial score (nSPS) is 16.2. The van der Waals surface area contributed by atoms with Gasteiger partial charge < -0.3 is 14.8 Å². The first-order chi connectivity index (χ1) is 10.4. The van der Waals surface area contributed by atoms with Crippen molar-refractivity contribution < 1.29 is 9.47 Å². The van der Waals surface area contributed by atoms with Crippen molar-refractivity contribution >= 4 is 27.6 Å². The van der Waals surface area contributed by atoms with Gasteiger partial charge in [0.05, 0.1) is 18.9 Å². The molecular formula is C13H14N4O2S2. The van der Waals surface area contributed by atoms with Crippen LogP contribution in [0.25, 0.3) is 4.96 Å². The van der Waals surface area contributed by atoms with Crippen molar-refractivity contribution in [3.8, 4) is 0 Å². The van der Waals surface area contributed by atoms with Gasteiger partial charge in [0.15, 0.2) is 4.96 Å². The van der Waals surface area contributed by atoms with Crippen molar-refractivity contribution in [2.45, 2.75) is 19.4 Å². The summed E-state index contributed by atoms with van der Waals surface area (Å²) in [7, 11) is 0. The Hall–Kier alpha value is -1.32. The predicted molar refractivity (Wildman–Crippen MR) is 80.4 cm³/mol. The molecule has 3 aromatic heterocycles. The molecule has 1 fully saturated rings. The molecule has 21 heavy (non-hydrogen) atoms. The van der Waals surface area contributed by atoms with Gasteiger partial charge in [-0.2, -0.15) is 0 Å². The van der Waals surface area contributed by atoms with Gasteiger partial charge in [-0.05, 0) is 0 Å². The largest absolute Gasteiger partial charge is 0.345 e. The Bertz CT molecular complexity index is 701. The molecule has 1 N–H and O–H groups in total. The van der Waals surface area contributed by atoms with Crippen LogP contribution in [0.5, 0.6) is 0 Å². The van der Waals surface area contributed by atoms with Crippen molar-refractivity contribution in [1.29, 1.82) is 0 Å². The van der Waals surface area contributed by atoms with Gasteiger partial charge in [-0.25, -0.2) is 9.97 Å². The number of aromatic nitrogens is 3. The summed E-state index contributed by atoms with van der Waals surface area (Å²) in [6.45, 7) is 2.75. The molecule has 0 saturated carbocycles. The molecule has 0 aromatic carbocycles. The summed E-state index contributed by atoms with van der Waals surface area (Å²) in [6, 6.07) is 0. The van der Waals surface area contributed by atoms with E-state index in [1.165, 1.54) is 0 Å². The second kappa shape index (κ2) is 5.82. The highest BCUT2D eigenvalue weighted by atomic mass is 32.1. The van der Waals surface area contributed by atoms with Gasteiger partial charge in [-0.3, -0.25) is 4.40 Å². The number of hydrogen-bond acceptors (Lipinski definition) is 7. The Labute approximate surface area is 129 Å². The fourth-order valence-electron chi connectivity index (χ4n) is 2.20. The number of thiazole rings is 2. The fraction of sp³-hybridized carbons (Fsp3) is 0.385. The van der Waals surface area contributed by atoms with Crippen molar-refractivity contribution in [2.24, 2.45) is 0 Å². The van der Waals surface area contributed by atoms with Gasteiger partial charge in [0.25, 0.3) is 0 Å². The topological polar surface area (TPSA) is 60.7 Å². The molecule has 0 atom stereocenters. The van der Waals surface area contributed by atoms with E-state index in [-0.39, 0.29) is 6.29 Å². The molecule has 0 unspecified atom stereocenters. The van der Waals surface area contributed by atoms with Gasteiger partial charge in [0.1, 0.15) is 10.7 Å². The minimum absolute atomic E-state index is 0.282. The molecular weight excluding hydrogens is 308 g/mol. The van der Waals surface area contributed by atoms with Gasteiger partial charge in [-0.15, -0.1) is 22.7 Å². The molecule has 1 aliphatic rings. The van der Waals surface area contributed by atoms with Crippen molar-refractivity contribution in [3.05, 3.63) is 39.5 Å². The second-order valence-corrected chi connectivity index (χ2v) is 6.48. The first-order valence-electron chi connectivity index (χ1n) is 6.68. The zero-order chi connectivity index (χ0) is 14.1. The maximum Gasteiger partial charge on any atom is 0.202 e. The number of imidazole rings is 1. The third-order valence-corrected chi connectivity index (χ3v) is 4.80. The summed E-state index contributed by atoms with van der Waals surface area (Å²) in [5, 5.41) is 8.43. The van der Waals surface area contributed by atoms with Crippen molar-refractivity contribution in [3.63, 3.8) is 0 Å². The highest BCUT2D eigenvalue weighted by Crippen LogP contribution is 2.24. The van der Waals surface area contributed by atoms with Crippen LogP contribution in [0.15, 0.2) is 23.2 Å². The van der Waals surface area contributed by atoms with E-state index in [2.05, 4.69) is 15.3 Å². The lowest BCUT2D eigenvalue weighted by molar-refractivity contribution is -0.0469. The van der Waals surface area contributed by atoms with E-state index in [0.29, 0.717) is 13.2 Å². The quantitative estimate of drug-likeness (QED) is 0.780. The van der Waals surface area contributed by atoms with Crippen LogP contribution in [0.2, 0.25) is 0 Å². The summed E-state index contributed by atoms with van der Waals surface area (Å²) in [6.07, 6.45) is 3.78. The summed E-state index contributed by atoms with van der Waals surface area (Å²) < 4.78 is 12.9. The van der Waals surface area contributed by atoms with Crippen LogP contribution in [0.4, 0.5) is 0 Å². The third kappa shape index (κ3) is 2.85. The van der Waals surface area contributed by atoms with Crippen molar-refractivity contribution in [2.75, 3.05) is 13.2 Å². The fourth-order valence-corrected chi connectivity index (χ4v) is 3.69. The minimum Gasteiger partial charge on any atom is -0.345 e. The van der Waals surface area contributed by atoms with E-state index in [0.717, 1.165) is 34.4 Å². The van der Waals surface area contributed by atoms with Crippen LogP contribution >= 0.6 is 22.7 Å². The average molecular weight is 322 g/mol. The SMILES string of the molecule is c1cn2cc(CNCc3nc(C4OCCO4)cs3)nc2s1. The average Bonchev–Trinajstić information content (AvgIpc) is 3.23. The third-order valence-electron chi connectivity index (χ3n) is 3.16. The first-order valence-corrected chi connectivity index (χ1v) is 8.44. The minimum atomic E-state index is -0.282. The Kier molecular flexibility index (Phi) is 3.70. The van der Waals surface area contributed by atoms with Crippen LogP contribution in [0.1, 0.15) is 22.7 Å². The van der Waals surface area contributed by atoms with Gasteiger partial charge in [0, 0.05) is 36.2 Å². The summed E-state index contributed by atoms with van der Waals surface area (Å²) in [5.41, 5.74) is 1.91. The molecule has 8 heteroatoms. The first kappa shape index (κ1) is 13.4. The lowest BCUT2D eigenvalue weighted by atomic mass is 10.4. The number of ether oxygens (including phenoxy) is 2. The van der Waals surface area contributed by atoms with Crippen LogP contribution in [0, 0.1) is 0 Å². The van der Waals surface area contributed by atoms with Crippen molar-refractivity contribution in [1.82, 2.24) is 19.7 Å². The maximum atomic E-state index is 5.44. The number of fused-ring (bicyclic) bond motifs is 1. The molecule has 0 radical (unpaired) electrons. The van der Waals surface area contributed by atoms with E-state index >= 15 is 0 Å². The van der Waals surface area contributed by atoms with Gasteiger partial charge >= 0.3 is 0 Å². The summed E-state index contributed by atoms with van der Waals surface area (Å²) in [4.78, 5) is 10.1. The number of rotatable bonds is 5. The molecule has 0 bridgehead atoms. The molecule has 0 spiro atoms. The molecule has 6 nitrogen and oxygen atoms in total. The highest BCUT2D eigenvalue weighted by Gasteiger charge is 2.20. The van der Waals surface area contributed by atoms with E-state index in [1.54, 1.807) is 22.7 Å². The second-order valence-electron chi connectivity index (χ2n) is 4.67. The predicted octanol–water partition coefficient (Wildman–Crippen LogP) is 2.19. The smallest absolute Gasteiger partial charge is 0.202 e. The van der Waals surface area contributed by atoms with E-state index < -0.39 is 0 Å². The zero-order valence-corrected chi connectivity index (χ0v) is 12.8. The monoisotopic (exact) mass is 322 g/mol. The Balaban J connectivity index is 1.33. The van der Waals surface area contributed by atoms with E-state index in [4.69, 9.17) is 9.47 Å².